The third-order valence-corrected chi connectivity index (χ3v) is 5.03. The smallest absolute Gasteiger partial charge is 0.244 e. The molecule has 0 aromatic heterocycles. The zero-order chi connectivity index (χ0) is 22.8. The summed E-state index contributed by atoms with van der Waals surface area (Å²) >= 11 is 6.00. The molecule has 0 spiro atoms. The molecule has 3 rings (SSSR count). The topological polar surface area (TPSA) is 71.3 Å². The van der Waals surface area contributed by atoms with Crippen LogP contribution in [0.1, 0.15) is 22.7 Å². The van der Waals surface area contributed by atoms with E-state index in [0.717, 1.165) is 16.7 Å². The van der Waals surface area contributed by atoms with Gasteiger partial charge in [-0.05, 0) is 53.5 Å². The van der Waals surface area contributed by atoms with E-state index in [1.807, 2.05) is 60.7 Å². The summed E-state index contributed by atoms with van der Waals surface area (Å²) in [5.41, 5.74) is 2.87. The Kier molecular flexibility index (Phi) is 8.30. The summed E-state index contributed by atoms with van der Waals surface area (Å²) in [6.07, 6.45) is 3.83. The monoisotopic (exact) mass is 446 g/mol. The molecular weight excluding hydrogens is 424 g/mol. The molecule has 5 nitrogen and oxygen atoms in total. The summed E-state index contributed by atoms with van der Waals surface area (Å²) in [5, 5.41) is 12.4. The molecule has 3 aromatic rings. The number of hydrogen-bond donors (Lipinski definition) is 1. The first-order valence-corrected chi connectivity index (χ1v) is 10.4. The Morgan fingerprint density at radius 2 is 1.84 bits per heavy atom. The Morgan fingerprint density at radius 1 is 1.09 bits per heavy atom. The van der Waals surface area contributed by atoms with Gasteiger partial charge in [0.05, 0.1) is 13.2 Å². The molecule has 162 valence electrons. The Morgan fingerprint density at radius 3 is 2.53 bits per heavy atom. The summed E-state index contributed by atoms with van der Waals surface area (Å²) in [5.74, 6) is 0.757. The molecule has 0 aliphatic heterocycles. The molecule has 0 aliphatic carbocycles. The van der Waals surface area contributed by atoms with E-state index in [0.29, 0.717) is 22.9 Å². The molecule has 1 amide bonds. The van der Waals surface area contributed by atoms with Crippen molar-refractivity contribution < 1.29 is 14.3 Å². The normalized spacial score (nSPS) is 11.5. The first-order valence-electron chi connectivity index (χ1n) is 10.0. The minimum atomic E-state index is -0.211. The predicted octanol–water partition coefficient (Wildman–Crippen LogP) is 5.36. The second kappa shape index (κ2) is 11.6. The van der Waals surface area contributed by atoms with Crippen molar-refractivity contribution in [2.24, 2.45) is 0 Å². The van der Waals surface area contributed by atoms with Crippen LogP contribution >= 0.6 is 11.6 Å². The Bertz CT molecular complexity index is 1110. The molecule has 1 atom stereocenters. The van der Waals surface area contributed by atoms with Crippen molar-refractivity contribution in [3.63, 3.8) is 0 Å². The number of benzene rings is 3. The molecular formula is C26H23ClN2O3. The van der Waals surface area contributed by atoms with E-state index in [1.165, 1.54) is 13.2 Å². The lowest BCUT2D eigenvalue weighted by molar-refractivity contribution is -0.117. The molecule has 0 radical (unpaired) electrons. The van der Waals surface area contributed by atoms with Gasteiger partial charge in [0.15, 0.2) is 18.1 Å². The number of carbonyl (C=O) groups is 1. The highest BCUT2D eigenvalue weighted by atomic mass is 35.5. The van der Waals surface area contributed by atoms with Crippen LogP contribution in [0.3, 0.4) is 0 Å². The van der Waals surface area contributed by atoms with Crippen molar-refractivity contribution in [1.82, 2.24) is 5.32 Å². The zero-order valence-electron chi connectivity index (χ0n) is 17.6. The number of nitrogens with zero attached hydrogens (tertiary/aromatic N) is 1. The predicted molar refractivity (Wildman–Crippen MR) is 126 cm³/mol. The summed E-state index contributed by atoms with van der Waals surface area (Å²) in [6.45, 7) is -0.0670. The van der Waals surface area contributed by atoms with Gasteiger partial charge < -0.3 is 14.8 Å². The lowest BCUT2D eigenvalue weighted by Crippen LogP contribution is -2.28. The second-order valence-corrected chi connectivity index (χ2v) is 7.43. The second-order valence-electron chi connectivity index (χ2n) is 6.99. The van der Waals surface area contributed by atoms with Crippen LogP contribution in [0.2, 0.25) is 5.02 Å². The van der Waals surface area contributed by atoms with Crippen molar-refractivity contribution >= 4 is 23.6 Å². The zero-order valence-corrected chi connectivity index (χ0v) is 18.4. The van der Waals surface area contributed by atoms with Crippen LogP contribution in [-0.2, 0) is 11.2 Å². The quantitative estimate of drug-likeness (QED) is 0.449. The van der Waals surface area contributed by atoms with Gasteiger partial charge in [0.2, 0.25) is 5.91 Å². The molecule has 1 N–H and O–H groups in total. The fraction of sp³-hybridized carbons (Fsp3) is 0.154. The number of hydrogen-bond acceptors (Lipinski definition) is 4. The van der Waals surface area contributed by atoms with Gasteiger partial charge in [-0.3, -0.25) is 4.79 Å². The maximum absolute atomic E-state index is 12.7. The Labute approximate surface area is 192 Å². The molecule has 32 heavy (non-hydrogen) atoms. The number of rotatable bonds is 9. The van der Waals surface area contributed by atoms with E-state index in [4.69, 9.17) is 26.3 Å². The first kappa shape index (κ1) is 22.9. The number of halogens is 1. The highest BCUT2D eigenvalue weighted by Gasteiger charge is 2.14. The molecule has 0 heterocycles. The Balaban J connectivity index is 1.72. The number of nitriles is 1. The number of amides is 1. The number of carbonyl (C=O) groups excluding carboxylic acids is 1. The van der Waals surface area contributed by atoms with Crippen LogP contribution in [0.5, 0.6) is 11.5 Å². The molecule has 0 aliphatic rings. The van der Waals surface area contributed by atoms with E-state index in [-0.39, 0.29) is 18.6 Å². The highest BCUT2D eigenvalue weighted by molar-refractivity contribution is 6.30. The van der Waals surface area contributed by atoms with Crippen LogP contribution < -0.4 is 14.8 Å². The third kappa shape index (κ3) is 6.63. The molecule has 0 bridgehead atoms. The summed E-state index contributed by atoms with van der Waals surface area (Å²) < 4.78 is 10.6. The molecule has 0 saturated carbocycles. The fourth-order valence-electron chi connectivity index (χ4n) is 3.20. The third-order valence-electron chi connectivity index (χ3n) is 4.78. The van der Waals surface area contributed by atoms with Gasteiger partial charge in [-0.15, -0.1) is 0 Å². The fourth-order valence-corrected chi connectivity index (χ4v) is 3.33. The van der Waals surface area contributed by atoms with Gasteiger partial charge in [-0.25, -0.2) is 0 Å². The SMILES string of the molecule is COc1cc(/C=C/C(=O)NC(Cc2ccc(Cl)cc2)c2ccccc2)ccc1OCC#N. The largest absolute Gasteiger partial charge is 0.493 e. The van der Waals surface area contributed by atoms with Crippen molar-refractivity contribution in [3.8, 4) is 17.6 Å². The van der Waals surface area contributed by atoms with Gasteiger partial charge in [0.25, 0.3) is 0 Å². The van der Waals surface area contributed by atoms with Crippen molar-refractivity contribution in [1.29, 1.82) is 5.26 Å². The minimum absolute atomic E-state index is 0.0670. The number of nitrogens with one attached hydrogen (secondary N) is 1. The molecule has 3 aromatic carbocycles. The van der Waals surface area contributed by atoms with Crippen LogP contribution in [0.15, 0.2) is 78.9 Å². The van der Waals surface area contributed by atoms with Gasteiger partial charge in [-0.2, -0.15) is 5.26 Å². The van der Waals surface area contributed by atoms with Crippen LogP contribution in [-0.4, -0.2) is 19.6 Å². The van der Waals surface area contributed by atoms with E-state index in [1.54, 1.807) is 24.3 Å². The summed E-state index contributed by atoms with van der Waals surface area (Å²) in [4.78, 5) is 12.7. The molecule has 0 saturated heterocycles. The van der Waals surface area contributed by atoms with Crippen LogP contribution in [0.25, 0.3) is 6.08 Å². The Hall–Kier alpha value is -3.75. The standard InChI is InChI=1S/C26H23ClN2O3/c1-31-25-18-20(9-13-24(25)32-16-15-28)10-14-26(30)29-23(21-5-3-2-4-6-21)17-19-7-11-22(27)12-8-19/h2-14,18,23H,16-17H2,1H3,(H,29,30)/b14-10+. The van der Waals surface area contributed by atoms with Crippen molar-refractivity contribution in [3.05, 3.63) is 101 Å². The van der Waals surface area contributed by atoms with E-state index in [2.05, 4.69) is 5.32 Å². The van der Waals surface area contributed by atoms with Gasteiger partial charge in [-0.1, -0.05) is 60.1 Å². The lowest BCUT2D eigenvalue weighted by atomic mass is 9.99. The molecule has 6 heteroatoms. The van der Waals surface area contributed by atoms with Crippen LogP contribution in [0.4, 0.5) is 0 Å². The number of ether oxygens (including phenoxy) is 2. The van der Waals surface area contributed by atoms with E-state index >= 15 is 0 Å². The lowest BCUT2D eigenvalue weighted by Gasteiger charge is -2.19. The minimum Gasteiger partial charge on any atom is -0.493 e. The molecule has 1 unspecified atom stereocenters. The average molecular weight is 447 g/mol. The van der Waals surface area contributed by atoms with Gasteiger partial charge >= 0.3 is 0 Å². The van der Waals surface area contributed by atoms with E-state index < -0.39 is 0 Å². The van der Waals surface area contributed by atoms with Crippen molar-refractivity contribution in [2.45, 2.75) is 12.5 Å². The van der Waals surface area contributed by atoms with Gasteiger partial charge in [0, 0.05) is 11.1 Å². The first-order chi connectivity index (χ1) is 15.6. The van der Waals surface area contributed by atoms with Crippen molar-refractivity contribution in [2.75, 3.05) is 13.7 Å². The summed E-state index contributed by atoms with van der Waals surface area (Å²) in [6, 6.07) is 24.4. The average Bonchev–Trinajstić information content (AvgIpc) is 2.83. The maximum Gasteiger partial charge on any atom is 0.244 e. The highest BCUT2D eigenvalue weighted by Crippen LogP contribution is 2.28. The summed E-state index contributed by atoms with van der Waals surface area (Å²) in [7, 11) is 1.52. The molecule has 0 fully saturated rings. The maximum atomic E-state index is 12.7. The van der Waals surface area contributed by atoms with E-state index in [9.17, 15) is 4.79 Å². The van der Waals surface area contributed by atoms with Gasteiger partial charge in [0.1, 0.15) is 6.07 Å². The van der Waals surface area contributed by atoms with Crippen LogP contribution in [0, 0.1) is 11.3 Å². The number of methoxy groups -OCH3 is 1.